The van der Waals surface area contributed by atoms with Gasteiger partial charge in [-0.05, 0) is 35.4 Å². The van der Waals surface area contributed by atoms with Crippen LogP contribution in [-0.4, -0.2) is 12.0 Å². The van der Waals surface area contributed by atoms with Crippen LogP contribution >= 0.6 is 0 Å². The molecule has 5 nitrogen and oxygen atoms in total. The Morgan fingerprint density at radius 3 is 1.95 bits per heavy atom. The van der Waals surface area contributed by atoms with E-state index in [0.29, 0.717) is 0 Å². The van der Waals surface area contributed by atoms with Gasteiger partial charge in [0.25, 0.3) is 5.69 Å². The quantitative estimate of drug-likeness (QED) is 0.485. The monoisotopic (exact) mass is 271 g/mol. The summed E-state index contributed by atoms with van der Waals surface area (Å²) in [6.45, 7) is 0. The van der Waals surface area contributed by atoms with Gasteiger partial charge in [-0.3, -0.25) is 10.1 Å². The minimum atomic E-state index is -0.404. The van der Waals surface area contributed by atoms with E-state index < -0.39 is 4.92 Å². The van der Waals surface area contributed by atoms with E-state index in [1.165, 1.54) is 12.1 Å². The zero-order valence-electron chi connectivity index (χ0n) is 10.9. The van der Waals surface area contributed by atoms with Crippen LogP contribution in [0.3, 0.4) is 0 Å². The normalized spacial score (nSPS) is 20.4. The first-order chi connectivity index (χ1) is 9.69. The maximum absolute atomic E-state index is 10.6. The first-order valence-electron chi connectivity index (χ1n) is 6.23. The molecule has 20 heavy (non-hydrogen) atoms. The summed E-state index contributed by atoms with van der Waals surface area (Å²) in [5.41, 5.74) is 2.13. The third-order valence-electron chi connectivity index (χ3n) is 3.37. The van der Waals surface area contributed by atoms with Gasteiger partial charge in [-0.2, -0.15) is 0 Å². The molecule has 1 saturated heterocycles. The van der Waals surface area contributed by atoms with Crippen molar-refractivity contribution in [2.45, 2.75) is 12.2 Å². The molecule has 1 heterocycles. The highest BCUT2D eigenvalue weighted by molar-refractivity contribution is 5.38. The van der Waals surface area contributed by atoms with Crippen LogP contribution in [0.5, 0.6) is 5.75 Å². The lowest BCUT2D eigenvalue weighted by atomic mass is 10.0. The number of nitrogens with zero attached hydrogens (tertiary/aromatic N) is 1. The van der Waals surface area contributed by atoms with Gasteiger partial charge in [-0.15, -0.1) is 0 Å². The van der Waals surface area contributed by atoms with E-state index in [1.807, 2.05) is 24.3 Å². The fourth-order valence-corrected chi connectivity index (χ4v) is 2.20. The molecule has 0 aromatic heterocycles. The van der Waals surface area contributed by atoms with Crippen molar-refractivity contribution in [2.75, 3.05) is 7.11 Å². The molecule has 5 heteroatoms. The minimum Gasteiger partial charge on any atom is -0.497 e. The van der Waals surface area contributed by atoms with E-state index in [1.54, 1.807) is 19.2 Å². The lowest BCUT2D eigenvalue weighted by Crippen LogP contribution is -1.89. The topological polar surface area (TPSA) is 64.9 Å². The number of hydrogen-bond donors (Lipinski definition) is 0. The molecule has 3 rings (SSSR count). The lowest BCUT2D eigenvalue weighted by Gasteiger charge is -2.00. The molecule has 1 fully saturated rings. The van der Waals surface area contributed by atoms with E-state index in [9.17, 15) is 10.1 Å². The fraction of sp³-hybridized carbons (Fsp3) is 0.200. The third kappa shape index (κ3) is 2.35. The van der Waals surface area contributed by atoms with E-state index in [0.717, 1.165) is 16.9 Å². The number of benzene rings is 2. The summed E-state index contributed by atoms with van der Waals surface area (Å²) >= 11 is 0. The number of nitro groups is 1. The molecule has 2 aromatic carbocycles. The summed E-state index contributed by atoms with van der Waals surface area (Å²) in [5, 5.41) is 10.6. The van der Waals surface area contributed by atoms with Crippen LogP contribution in [0.2, 0.25) is 0 Å². The van der Waals surface area contributed by atoms with Crippen LogP contribution in [0.15, 0.2) is 48.5 Å². The highest BCUT2D eigenvalue weighted by atomic mass is 16.6. The second-order valence-corrected chi connectivity index (χ2v) is 4.60. The molecule has 2 atom stereocenters. The first kappa shape index (κ1) is 12.6. The maximum atomic E-state index is 10.6. The van der Waals surface area contributed by atoms with Crippen LogP contribution in [0.1, 0.15) is 23.3 Å². The highest BCUT2D eigenvalue weighted by Crippen LogP contribution is 2.51. The van der Waals surface area contributed by atoms with Crippen LogP contribution < -0.4 is 4.74 Å². The molecule has 0 unspecified atom stereocenters. The first-order valence-corrected chi connectivity index (χ1v) is 6.23. The van der Waals surface area contributed by atoms with Crippen LogP contribution in [0.4, 0.5) is 5.69 Å². The van der Waals surface area contributed by atoms with Crippen LogP contribution in [0.25, 0.3) is 0 Å². The van der Waals surface area contributed by atoms with Crippen molar-refractivity contribution in [1.82, 2.24) is 0 Å². The van der Waals surface area contributed by atoms with Crippen LogP contribution in [0, 0.1) is 10.1 Å². The summed E-state index contributed by atoms with van der Waals surface area (Å²) in [6, 6.07) is 14.2. The molecule has 0 N–H and O–H groups in total. The summed E-state index contributed by atoms with van der Waals surface area (Å²) < 4.78 is 10.8. The van der Waals surface area contributed by atoms with Gasteiger partial charge in [-0.25, -0.2) is 0 Å². The molecule has 0 amide bonds. The SMILES string of the molecule is COc1ccc([C@H]2O[C@H]2c2ccc([N+](=O)[O-])cc2)cc1. The Bertz CT molecular complexity index is 621. The van der Waals surface area contributed by atoms with Gasteiger partial charge in [-0.1, -0.05) is 12.1 Å². The van der Waals surface area contributed by atoms with Gasteiger partial charge in [0, 0.05) is 12.1 Å². The fourth-order valence-electron chi connectivity index (χ4n) is 2.20. The highest BCUT2D eigenvalue weighted by Gasteiger charge is 2.41. The van der Waals surface area contributed by atoms with Gasteiger partial charge in [0.15, 0.2) is 0 Å². The Kier molecular flexibility index (Phi) is 3.12. The second kappa shape index (κ2) is 4.94. The van der Waals surface area contributed by atoms with E-state index in [2.05, 4.69) is 0 Å². The van der Waals surface area contributed by atoms with Gasteiger partial charge < -0.3 is 9.47 Å². The molecule has 0 bridgehead atoms. The predicted molar refractivity (Wildman–Crippen MR) is 72.7 cm³/mol. The predicted octanol–water partition coefficient (Wildman–Crippen LogP) is 3.42. The summed E-state index contributed by atoms with van der Waals surface area (Å²) in [7, 11) is 1.63. The number of ether oxygens (including phenoxy) is 2. The molecule has 2 aromatic rings. The van der Waals surface area contributed by atoms with Gasteiger partial charge in [0.2, 0.25) is 0 Å². The van der Waals surface area contributed by atoms with Crippen molar-refractivity contribution in [3.05, 3.63) is 69.8 Å². The van der Waals surface area contributed by atoms with Gasteiger partial charge in [0.05, 0.1) is 12.0 Å². The molecule has 0 aliphatic carbocycles. The number of epoxide rings is 1. The Morgan fingerprint density at radius 2 is 1.50 bits per heavy atom. The molecule has 1 aliphatic rings. The van der Waals surface area contributed by atoms with Crippen molar-refractivity contribution < 1.29 is 14.4 Å². The Balaban J connectivity index is 1.73. The molecule has 0 spiro atoms. The van der Waals surface area contributed by atoms with Gasteiger partial charge in [0.1, 0.15) is 18.0 Å². The van der Waals surface area contributed by atoms with Crippen molar-refractivity contribution in [3.8, 4) is 5.75 Å². The van der Waals surface area contributed by atoms with E-state index in [4.69, 9.17) is 9.47 Å². The third-order valence-corrected chi connectivity index (χ3v) is 3.37. The molecular formula is C15H13NO4. The largest absolute Gasteiger partial charge is 0.497 e. The number of rotatable bonds is 4. The minimum absolute atomic E-state index is 0.0161. The second-order valence-electron chi connectivity index (χ2n) is 4.60. The zero-order valence-corrected chi connectivity index (χ0v) is 10.9. The van der Waals surface area contributed by atoms with Crippen molar-refractivity contribution in [3.63, 3.8) is 0 Å². The van der Waals surface area contributed by atoms with E-state index >= 15 is 0 Å². The Morgan fingerprint density at radius 1 is 1.00 bits per heavy atom. The van der Waals surface area contributed by atoms with Crippen molar-refractivity contribution in [1.29, 1.82) is 0 Å². The van der Waals surface area contributed by atoms with Gasteiger partial charge >= 0.3 is 0 Å². The summed E-state index contributed by atoms with van der Waals surface area (Å²) in [4.78, 5) is 10.2. The standard InChI is InChI=1S/C15H13NO4/c1-19-13-8-4-11(5-9-13)15-14(20-15)10-2-6-12(7-3-10)16(17)18/h2-9,14-15H,1H3/t14-,15+/m0/s1. The van der Waals surface area contributed by atoms with Crippen molar-refractivity contribution >= 4 is 5.69 Å². The summed E-state index contributed by atoms with van der Waals surface area (Å²) in [5.74, 6) is 0.807. The maximum Gasteiger partial charge on any atom is 0.269 e. The molecular weight excluding hydrogens is 258 g/mol. The molecule has 1 aliphatic heterocycles. The number of nitro benzene ring substituents is 1. The number of non-ortho nitro benzene ring substituents is 1. The van der Waals surface area contributed by atoms with E-state index in [-0.39, 0.29) is 17.9 Å². The Labute approximate surface area is 115 Å². The average Bonchev–Trinajstić information content (AvgIpc) is 3.28. The number of methoxy groups -OCH3 is 1. The Hall–Kier alpha value is -2.40. The molecule has 0 radical (unpaired) electrons. The number of hydrogen-bond acceptors (Lipinski definition) is 4. The molecule has 102 valence electrons. The lowest BCUT2D eigenvalue weighted by molar-refractivity contribution is -0.384. The smallest absolute Gasteiger partial charge is 0.269 e. The summed E-state index contributed by atoms with van der Waals surface area (Å²) in [6.07, 6.45) is -0.00781. The average molecular weight is 271 g/mol. The molecule has 0 saturated carbocycles. The van der Waals surface area contributed by atoms with Crippen LogP contribution in [-0.2, 0) is 4.74 Å². The van der Waals surface area contributed by atoms with Crippen molar-refractivity contribution in [2.24, 2.45) is 0 Å². The zero-order chi connectivity index (χ0) is 14.1.